The second kappa shape index (κ2) is 8.06. The summed E-state index contributed by atoms with van der Waals surface area (Å²) in [6.07, 6.45) is 17.0. The molecule has 0 N–H and O–H groups in total. The minimum atomic E-state index is 0.0625. The molecule has 0 aliphatic carbocycles. The Morgan fingerprint density at radius 1 is 0.538 bits per heavy atom. The van der Waals surface area contributed by atoms with Crippen LogP contribution in [0.5, 0.6) is 0 Å². The molecule has 0 spiro atoms. The smallest absolute Gasteiger partial charge is 0.0225 e. The SMILES string of the molecule is CCC1=CC(CC)(C2(CC)C=C(CC)N(C)C(CC)=C2)C=C(CC)N1C. The van der Waals surface area contributed by atoms with Gasteiger partial charge in [0.25, 0.3) is 0 Å². The van der Waals surface area contributed by atoms with E-state index in [1.165, 1.54) is 22.8 Å². The first-order valence-electron chi connectivity index (χ1n) is 10.7. The summed E-state index contributed by atoms with van der Waals surface area (Å²) in [5.41, 5.74) is 6.00. The lowest BCUT2D eigenvalue weighted by Crippen LogP contribution is -2.43. The standard InChI is InChI=1S/C24H40N2/c1-9-19-15-23(13-5,16-20(10-2)25(19)7)24(14-6)17-21(11-3)26(8)22(12-4)18-24/h15-18H,9-14H2,1-8H3. The first-order valence-corrected chi connectivity index (χ1v) is 10.7. The van der Waals surface area contributed by atoms with E-state index in [1.54, 1.807) is 0 Å². The van der Waals surface area contributed by atoms with Crippen molar-refractivity contribution in [3.63, 3.8) is 0 Å². The predicted molar refractivity (Wildman–Crippen MR) is 114 cm³/mol. The van der Waals surface area contributed by atoms with E-state index in [0.29, 0.717) is 0 Å². The predicted octanol–water partition coefficient (Wildman–Crippen LogP) is 6.85. The van der Waals surface area contributed by atoms with Gasteiger partial charge in [-0.25, -0.2) is 0 Å². The second-order valence-corrected chi connectivity index (χ2v) is 7.86. The fourth-order valence-electron chi connectivity index (χ4n) is 4.99. The average molecular weight is 357 g/mol. The molecule has 2 rings (SSSR count). The lowest BCUT2D eigenvalue weighted by atomic mass is 9.57. The Kier molecular flexibility index (Phi) is 6.47. The lowest BCUT2D eigenvalue weighted by Gasteiger charge is -2.51. The third kappa shape index (κ3) is 3.17. The van der Waals surface area contributed by atoms with Crippen LogP contribution in [0.2, 0.25) is 0 Å². The van der Waals surface area contributed by atoms with E-state index in [9.17, 15) is 0 Å². The van der Waals surface area contributed by atoms with Gasteiger partial charge in [0.2, 0.25) is 0 Å². The van der Waals surface area contributed by atoms with Crippen LogP contribution >= 0.6 is 0 Å². The molecule has 0 radical (unpaired) electrons. The summed E-state index contributed by atoms with van der Waals surface area (Å²) in [5, 5.41) is 0. The molecule has 0 unspecified atom stereocenters. The average Bonchev–Trinajstić information content (AvgIpc) is 2.68. The summed E-state index contributed by atoms with van der Waals surface area (Å²) in [6.45, 7) is 13.9. The zero-order valence-corrected chi connectivity index (χ0v) is 18.4. The summed E-state index contributed by atoms with van der Waals surface area (Å²) in [5.74, 6) is 0. The third-order valence-corrected chi connectivity index (χ3v) is 6.91. The Balaban J connectivity index is 2.75. The zero-order valence-electron chi connectivity index (χ0n) is 18.4. The van der Waals surface area contributed by atoms with Gasteiger partial charge in [-0.1, -0.05) is 65.8 Å². The quantitative estimate of drug-likeness (QED) is 0.492. The molecule has 0 bridgehead atoms. The number of hydrogen-bond donors (Lipinski definition) is 0. The topological polar surface area (TPSA) is 6.48 Å². The largest absolute Gasteiger partial charge is 0.352 e. The molecular weight excluding hydrogens is 316 g/mol. The van der Waals surface area contributed by atoms with Crippen molar-refractivity contribution in [1.29, 1.82) is 0 Å². The molecule has 146 valence electrons. The molecule has 2 heterocycles. The van der Waals surface area contributed by atoms with Crippen LogP contribution < -0.4 is 0 Å². The normalized spacial score (nSPS) is 21.8. The van der Waals surface area contributed by atoms with Gasteiger partial charge in [0.05, 0.1) is 0 Å². The summed E-state index contributed by atoms with van der Waals surface area (Å²) in [4.78, 5) is 4.84. The van der Waals surface area contributed by atoms with E-state index in [2.05, 4.69) is 89.7 Å². The van der Waals surface area contributed by atoms with Crippen molar-refractivity contribution >= 4 is 0 Å². The Hall–Kier alpha value is -1.44. The molecule has 0 aromatic rings. The molecule has 0 saturated carbocycles. The molecule has 2 aliphatic heterocycles. The van der Waals surface area contributed by atoms with Gasteiger partial charge in [-0.2, -0.15) is 0 Å². The van der Waals surface area contributed by atoms with Crippen molar-refractivity contribution in [3.8, 4) is 0 Å². The summed E-state index contributed by atoms with van der Waals surface area (Å²) in [6, 6.07) is 0. The molecule has 0 saturated heterocycles. The summed E-state index contributed by atoms with van der Waals surface area (Å²) in [7, 11) is 4.47. The van der Waals surface area contributed by atoms with E-state index in [1.807, 2.05) is 0 Å². The van der Waals surface area contributed by atoms with Gasteiger partial charge >= 0.3 is 0 Å². The molecule has 2 heteroatoms. The minimum absolute atomic E-state index is 0.0625. The van der Waals surface area contributed by atoms with Crippen molar-refractivity contribution in [2.75, 3.05) is 14.1 Å². The van der Waals surface area contributed by atoms with E-state index < -0.39 is 0 Å². The van der Waals surface area contributed by atoms with Crippen LogP contribution in [0.1, 0.15) is 80.1 Å². The van der Waals surface area contributed by atoms with Gasteiger partial charge in [0, 0.05) is 47.7 Å². The zero-order chi connectivity index (χ0) is 19.5. The van der Waals surface area contributed by atoms with Gasteiger partial charge in [-0.15, -0.1) is 0 Å². The Morgan fingerprint density at radius 2 is 0.769 bits per heavy atom. The van der Waals surface area contributed by atoms with Crippen LogP contribution in [0.3, 0.4) is 0 Å². The molecule has 0 amide bonds. The number of nitrogens with zero attached hydrogens (tertiary/aromatic N) is 2. The Bertz CT molecular complexity index is 533. The van der Waals surface area contributed by atoms with Crippen LogP contribution in [0.15, 0.2) is 47.1 Å². The number of allylic oxidation sites excluding steroid dienone is 8. The van der Waals surface area contributed by atoms with Crippen molar-refractivity contribution in [1.82, 2.24) is 9.80 Å². The molecular formula is C24H40N2. The highest BCUT2D eigenvalue weighted by Crippen LogP contribution is 2.56. The minimum Gasteiger partial charge on any atom is -0.352 e. The molecule has 26 heavy (non-hydrogen) atoms. The van der Waals surface area contributed by atoms with Crippen LogP contribution in [0.4, 0.5) is 0 Å². The first kappa shape index (κ1) is 20.9. The van der Waals surface area contributed by atoms with E-state index in [-0.39, 0.29) is 10.8 Å². The molecule has 0 atom stereocenters. The molecule has 0 aromatic carbocycles. The van der Waals surface area contributed by atoms with Crippen LogP contribution in [0, 0.1) is 10.8 Å². The highest BCUT2D eigenvalue weighted by molar-refractivity contribution is 5.40. The van der Waals surface area contributed by atoms with Gasteiger partial charge in [0.1, 0.15) is 0 Å². The van der Waals surface area contributed by atoms with E-state index in [4.69, 9.17) is 0 Å². The van der Waals surface area contributed by atoms with Crippen LogP contribution in [-0.2, 0) is 0 Å². The second-order valence-electron chi connectivity index (χ2n) is 7.86. The summed E-state index contributed by atoms with van der Waals surface area (Å²) >= 11 is 0. The molecule has 2 nitrogen and oxygen atoms in total. The van der Waals surface area contributed by atoms with E-state index in [0.717, 1.165) is 38.5 Å². The highest BCUT2D eigenvalue weighted by atomic mass is 15.1. The van der Waals surface area contributed by atoms with Gasteiger partial charge in [-0.3, -0.25) is 0 Å². The number of rotatable bonds is 7. The van der Waals surface area contributed by atoms with E-state index >= 15 is 0 Å². The van der Waals surface area contributed by atoms with Gasteiger partial charge < -0.3 is 9.80 Å². The molecule has 0 aromatic heterocycles. The monoisotopic (exact) mass is 356 g/mol. The first-order chi connectivity index (χ1) is 12.4. The van der Waals surface area contributed by atoms with Crippen molar-refractivity contribution < 1.29 is 0 Å². The highest BCUT2D eigenvalue weighted by Gasteiger charge is 2.47. The summed E-state index contributed by atoms with van der Waals surface area (Å²) < 4.78 is 0. The van der Waals surface area contributed by atoms with Gasteiger partial charge in [0.15, 0.2) is 0 Å². The van der Waals surface area contributed by atoms with Crippen molar-refractivity contribution in [2.24, 2.45) is 10.8 Å². The number of hydrogen-bond acceptors (Lipinski definition) is 2. The Morgan fingerprint density at radius 3 is 0.923 bits per heavy atom. The third-order valence-electron chi connectivity index (χ3n) is 6.91. The van der Waals surface area contributed by atoms with Gasteiger partial charge in [-0.05, 0) is 38.5 Å². The lowest BCUT2D eigenvalue weighted by molar-refractivity contribution is 0.204. The maximum absolute atomic E-state index is 2.59. The van der Waals surface area contributed by atoms with Crippen LogP contribution in [-0.4, -0.2) is 23.9 Å². The van der Waals surface area contributed by atoms with Crippen molar-refractivity contribution in [2.45, 2.75) is 80.1 Å². The Labute approximate surface area is 162 Å². The maximum atomic E-state index is 2.59. The fraction of sp³-hybridized carbons (Fsp3) is 0.667. The van der Waals surface area contributed by atoms with Crippen LogP contribution in [0.25, 0.3) is 0 Å². The van der Waals surface area contributed by atoms with Crippen molar-refractivity contribution in [3.05, 3.63) is 47.1 Å². The molecule has 2 aliphatic rings. The fourth-order valence-corrected chi connectivity index (χ4v) is 4.99. The molecule has 0 fully saturated rings. The maximum Gasteiger partial charge on any atom is 0.0225 e.